The first-order valence-electron chi connectivity index (χ1n) is 7.50. The Labute approximate surface area is 134 Å². The maximum Gasteiger partial charge on any atom is 0.317 e. The number of aromatic nitrogens is 2. The molecule has 3 rings (SSSR count). The number of piperazine rings is 1. The predicted molar refractivity (Wildman–Crippen MR) is 84.5 cm³/mol. The van der Waals surface area contributed by atoms with Gasteiger partial charge in [0.15, 0.2) is 0 Å². The van der Waals surface area contributed by atoms with E-state index in [2.05, 4.69) is 20.2 Å². The molecule has 0 spiro atoms. The van der Waals surface area contributed by atoms with Crippen LogP contribution in [0.3, 0.4) is 0 Å². The van der Waals surface area contributed by atoms with Crippen LogP contribution in [0.25, 0.3) is 0 Å². The fraction of sp³-hybridized carbons (Fsp3) is 0.312. The smallest absolute Gasteiger partial charge is 0.317 e. The van der Waals surface area contributed by atoms with Crippen LogP contribution in [0.15, 0.2) is 42.9 Å². The summed E-state index contributed by atoms with van der Waals surface area (Å²) in [6, 6.07) is 6.01. The van der Waals surface area contributed by atoms with E-state index in [0.717, 1.165) is 24.5 Å². The minimum Gasteiger partial charge on any atom is -0.352 e. The predicted octanol–water partition coefficient (Wildman–Crippen LogP) is 1.65. The Morgan fingerprint density at radius 1 is 1.13 bits per heavy atom. The molecular formula is C16H18FN5O. The van der Waals surface area contributed by atoms with Crippen LogP contribution in [-0.4, -0.2) is 47.1 Å². The molecule has 1 aliphatic rings. The zero-order valence-corrected chi connectivity index (χ0v) is 12.7. The van der Waals surface area contributed by atoms with Crippen LogP contribution in [0, 0.1) is 5.82 Å². The molecule has 0 unspecified atom stereocenters. The number of amides is 2. The van der Waals surface area contributed by atoms with Crippen molar-refractivity contribution in [3.63, 3.8) is 0 Å². The SMILES string of the molecule is O=C(NCc1ccc(F)cc1)N1CCN(c2cnccn2)CC1. The quantitative estimate of drug-likeness (QED) is 0.935. The van der Waals surface area contributed by atoms with Gasteiger partial charge in [0.05, 0.1) is 6.20 Å². The summed E-state index contributed by atoms with van der Waals surface area (Å²) in [4.78, 5) is 24.4. The number of nitrogens with one attached hydrogen (secondary N) is 1. The third-order valence-electron chi connectivity index (χ3n) is 3.80. The van der Waals surface area contributed by atoms with Crippen molar-refractivity contribution in [2.75, 3.05) is 31.1 Å². The van der Waals surface area contributed by atoms with E-state index in [1.54, 1.807) is 35.6 Å². The highest BCUT2D eigenvalue weighted by Gasteiger charge is 2.21. The van der Waals surface area contributed by atoms with Gasteiger partial charge in [-0.25, -0.2) is 14.2 Å². The minimum atomic E-state index is -0.278. The molecule has 1 aromatic heterocycles. The van der Waals surface area contributed by atoms with Gasteiger partial charge in [-0.1, -0.05) is 12.1 Å². The number of hydrogen-bond acceptors (Lipinski definition) is 4. The average Bonchev–Trinajstić information content (AvgIpc) is 2.62. The highest BCUT2D eigenvalue weighted by atomic mass is 19.1. The lowest BCUT2D eigenvalue weighted by Crippen LogP contribution is -2.51. The van der Waals surface area contributed by atoms with Crippen molar-refractivity contribution in [1.82, 2.24) is 20.2 Å². The van der Waals surface area contributed by atoms with Crippen molar-refractivity contribution < 1.29 is 9.18 Å². The van der Waals surface area contributed by atoms with Gasteiger partial charge in [0, 0.05) is 45.1 Å². The van der Waals surface area contributed by atoms with E-state index >= 15 is 0 Å². The van der Waals surface area contributed by atoms with Crippen LogP contribution >= 0.6 is 0 Å². The number of hydrogen-bond donors (Lipinski definition) is 1. The van der Waals surface area contributed by atoms with Gasteiger partial charge in [-0.05, 0) is 17.7 Å². The van der Waals surface area contributed by atoms with Crippen LogP contribution in [0.4, 0.5) is 15.0 Å². The largest absolute Gasteiger partial charge is 0.352 e. The van der Waals surface area contributed by atoms with E-state index in [4.69, 9.17) is 0 Å². The van der Waals surface area contributed by atoms with E-state index < -0.39 is 0 Å². The number of anilines is 1. The van der Waals surface area contributed by atoms with Crippen LogP contribution in [0.1, 0.15) is 5.56 Å². The maximum absolute atomic E-state index is 12.8. The molecule has 1 aliphatic heterocycles. The molecule has 23 heavy (non-hydrogen) atoms. The van der Waals surface area contributed by atoms with Crippen molar-refractivity contribution in [2.24, 2.45) is 0 Å². The summed E-state index contributed by atoms with van der Waals surface area (Å²) in [5, 5.41) is 2.86. The van der Waals surface area contributed by atoms with Crippen molar-refractivity contribution in [3.8, 4) is 0 Å². The molecule has 0 radical (unpaired) electrons. The minimum absolute atomic E-state index is 0.104. The topological polar surface area (TPSA) is 61.4 Å². The molecule has 6 nitrogen and oxygen atoms in total. The lowest BCUT2D eigenvalue weighted by atomic mass is 10.2. The van der Waals surface area contributed by atoms with Crippen LogP contribution in [-0.2, 0) is 6.54 Å². The Morgan fingerprint density at radius 2 is 1.87 bits per heavy atom. The summed E-state index contributed by atoms with van der Waals surface area (Å²) in [7, 11) is 0. The van der Waals surface area contributed by atoms with Gasteiger partial charge in [-0.3, -0.25) is 4.98 Å². The van der Waals surface area contributed by atoms with E-state index in [1.165, 1.54) is 12.1 Å². The number of rotatable bonds is 3. The Morgan fingerprint density at radius 3 is 2.52 bits per heavy atom. The van der Waals surface area contributed by atoms with Crippen molar-refractivity contribution in [3.05, 3.63) is 54.2 Å². The van der Waals surface area contributed by atoms with Crippen molar-refractivity contribution in [2.45, 2.75) is 6.54 Å². The summed E-state index contributed by atoms with van der Waals surface area (Å²) < 4.78 is 12.8. The Hall–Kier alpha value is -2.70. The summed E-state index contributed by atoms with van der Waals surface area (Å²) in [6.07, 6.45) is 5.03. The third-order valence-corrected chi connectivity index (χ3v) is 3.80. The zero-order chi connectivity index (χ0) is 16.1. The molecule has 0 saturated carbocycles. The second kappa shape index (κ2) is 7.04. The molecule has 0 atom stereocenters. The zero-order valence-electron chi connectivity index (χ0n) is 12.7. The third kappa shape index (κ3) is 3.94. The normalized spacial score (nSPS) is 14.7. The standard InChI is InChI=1S/C16H18FN5O/c17-14-3-1-13(2-4-14)11-20-16(23)22-9-7-21(8-10-22)15-12-18-5-6-19-15/h1-6,12H,7-11H2,(H,20,23). The Kier molecular flexibility index (Phi) is 4.65. The molecule has 2 heterocycles. The van der Waals surface area contributed by atoms with Crippen molar-refractivity contribution in [1.29, 1.82) is 0 Å². The summed E-state index contributed by atoms with van der Waals surface area (Å²) in [5.74, 6) is 0.555. The molecule has 1 fully saturated rings. The van der Waals surface area contributed by atoms with Gasteiger partial charge in [-0.15, -0.1) is 0 Å². The molecule has 0 aliphatic carbocycles. The first-order valence-corrected chi connectivity index (χ1v) is 7.50. The number of benzene rings is 1. The number of carbonyl (C=O) groups is 1. The fourth-order valence-corrected chi connectivity index (χ4v) is 2.48. The number of urea groups is 1. The molecule has 2 aromatic rings. The second-order valence-electron chi connectivity index (χ2n) is 5.32. The van der Waals surface area contributed by atoms with Gasteiger partial charge in [-0.2, -0.15) is 0 Å². The molecule has 7 heteroatoms. The van der Waals surface area contributed by atoms with Crippen LogP contribution in [0.5, 0.6) is 0 Å². The Balaban J connectivity index is 1.47. The van der Waals surface area contributed by atoms with Gasteiger partial charge >= 0.3 is 6.03 Å². The molecule has 1 N–H and O–H groups in total. The van der Waals surface area contributed by atoms with Gasteiger partial charge in [0.1, 0.15) is 11.6 Å². The van der Waals surface area contributed by atoms with Crippen molar-refractivity contribution >= 4 is 11.8 Å². The molecule has 0 bridgehead atoms. The second-order valence-corrected chi connectivity index (χ2v) is 5.32. The molecule has 1 aromatic carbocycles. The van der Waals surface area contributed by atoms with Gasteiger partial charge in [0.25, 0.3) is 0 Å². The summed E-state index contributed by atoms with van der Waals surface area (Å²) >= 11 is 0. The van der Waals surface area contributed by atoms with E-state index in [9.17, 15) is 9.18 Å². The molecular weight excluding hydrogens is 297 g/mol. The molecule has 1 saturated heterocycles. The fourth-order valence-electron chi connectivity index (χ4n) is 2.48. The van der Waals surface area contributed by atoms with E-state index in [-0.39, 0.29) is 11.8 Å². The highest BCUT2D eigenvalue weighted by molar-refractivity contribution is 5.74. The lowest BCUT2D eigenvalue weighted by Gasteiger charge is -2.35. The number of carbonyl (C=O) groups excluding carboxylic acids is 1. The van der Waals surface area contributed by atoms with Crippen LogP contribution < -0.4 is 10.2 Å². The van der Waals surface area contributed by atoms with E-state index in [1.807, 2.05) is 0 Å². The molecule has 120 valence electrons. The first-order chi connectivity index (χ1) is 11.2. The lowest BCUT2D eigenvalue weighted by molar-refractivity contribution is 0.194. The van der Waals surface area contributed by atoms with Gasteiger partial charge in [0.2, 0.25) is 0 Å². The number of nitrogens with zero attached hydrogens (tertiary/aromatic N) is 4. The number of halogens is 1. The van der Waals surface area contributed by atoms with E-state index in [0.29, 0.717) is 19.6 Å². The van der Waals surface area contributed by atoms with Gasteiger partial charge < -0.3 is 15.1 Å². The maximum atomic E-state index is 12.8. The summed E-state index contributed by atoms with van der Waals surface area (Å²) in [6.45, 7) is 3.10. The summed E-state index contributed by atoms with van der Waals surface area (Å²) in [5.41, 5.74) is 0.873. The average molecular weight is 315 g/mol. The van der Waals surface area contributed by atoms with Crippen LogP contribution in [0.2, 0.25) is 0 Å². The first kappa shape index (κ1) is 15.2. The Bertz CT molecular complexity index is 641. The highest BCUT2D eigenvalue weighted by Crippen LogP contribution is 2.11. The molecule has 2 amide bonds. The monoisotopic (exact) mass is 315 g/mol.